The lowest BCUT2D eigenvalue weighted by Crippen LogP contribution is -2.14. The number of hydrogen-bond donors (Lipinski definition) is 0. The highest BCUT2D eigenvalue weighted by molar-refractivity contribution is 9.10. The third-order valence-electron chi connectivity index (χ3n) is 3.12. The molecule has 0 heterocycles. The molecule has 1 aliphatic rings. The van der Waals surface area contributed by atoms with E-state index >= 15 is 0 Å². The van der Waals surface area contributed by atoms with Crippen LogP contribution < -0.4 is 0 Å². The molecule has 0 spiro atoms. The number of hydrogen-bond acceptors (Lipinski definition) is 0. The number of alkyl halides is 1. The van der Waals surface area contributed by atoms with Gasteiger partial charge in [0.15, 0.2) is 0 Å². The lowest BCUT2D eigenvalue weighted by atomic mass is 9.84. The van der Waals surface area contributed by atoms with E-state index in [0.717, 1.165) is 24.8 Å². The molecule has 0 bridgehead atoms. The molecule has 0 saturated heterocycles. The van der Waals surface area contributed by atoms with Crippen LogP contribution in [0.3, 0.4) is 0 Å². The normalized spacial score (nSPS) is 25.8. The summed E-state index contributed by atoms with van der Waals surface area (Å²) >= 11 is 12.8. The molecular weight excluding hydrogens is 358 g/mol. The summed E-state index contributed by atoms with van der Waals surface area (Å²) in [7, 11) is 0. The van der Waals surface area contributed by atoms with Crippen molar-refractivity contribution in [3.8, 4) is 0 Å². The SMILES string of the molecule is Fc1c(C2CCCC(Br)C2)ccc(Br)c1Cl. The molecule has 2 rings (SSSR count). The van der Waals surface area contributed by atoms with Crippen LogP contribution in [-0.2, 0) is 0 Å². The predicted molar refractivity (Wildman–Crippen MR) is 73.0 cm³/mol. The van der Waals surface area contributed by atoms with Crippen molar-refractivity contribution in [2.75, 3.05) is 0 Å². The summed E-state index contributed by atoms with van der Waals surface area (Å²) < 4.78 is 14.6. The molecule has 1 saturated carbocycles. The van der Waals surface area contributed by atoms with Crippen molar-refractivity contribution in [3.63, 3.8) is 0 Å². The van der Waals surface area contributed by atoms with E-state index in [9.17, 15) is 4.39 Å². The van der Waals surface area contributed by atoms with Gasteiger partial charge in [0, 0.05) is 9.30 Å². The second kappa shape index (κ2) is 5.36. The Morgan fingerprint density at radius 1 is 1.31 bits per heavy atom. The molecule has 1 aromatic carbocycles. The zero-order valence-electron chi connectivity index (χ0n) is 8.65. The van der Waals surface area contributed by atoms with Crippen LogP contribution in [0.5, 0.6) is 0 Å². The van der Waals surface area contributed by atoms with Crippen LogP contribution in [0.4, 0.5) is 4.39 Å². The van der Waals surface area contributed by atoms with Gasteiger partial charge in [-0.2, -0.15) is 0 Å². The zero-order valence-corrected chi connectivity index (χ0v) is 12.6. The highest BCUT2D eigenvalue weighted by Gasteiger charge is 2.25. The second-order valence-electron chi connectivity index (χ2n) is 4.23. The predicted octanol–water partition coefficient (Wildman–Crippen LogP) is 5.66. The molecule has 2 unspecified atom stereocenters. The number of rotatable bonds is 1. The quantitative estimate of drug-likeness (QED) is 0.442. The molecule has 16 heavy (non-hydrogen) atoms. The van der Waals surface area contributed by atoms with E-state index in [0.29, 0.717) is 15.2 Å². The van der Waals surface area contributed by atoms with Crippen LogP contribution >= 0.6 is 43.5 Å². The Morgan fingerprint density at radius 3 is 2.75 bits per heavy atom. The van der Waals surface area contributed by atoms with Gasteiger partial charge >= 0.3 is 0 Å². The Bertz CT molecular complexity index is 395. The van der Waals surface area contributed by atoms with Crippen molar-refractivity contribution in [3.05, 3.63) is 33.0 Å². The van der Waals surface area contributed by atoms with E-state index in [-0.39, 0.29) is 10.8 Å². The van der Waals surface area contributed by atoms with Crippen LogP contribution in [0.15, 0.2) is 16.6 Å². The minimum Gasteiger partial charge on any atom is -0.205 e. The fourth-order valence-corrected chi connectivity index (χ4v) is 3.52. The van der Waals surface area contributed by atoms with Crippen molar-refractivity contribution in [1.82, 2.24) is 0 Å². The van der Waals surface area contributed by atoms with E-state index in [1.54, 1.807) is 0 Å². The van der Waals surface area contributed by atoms with Crippen molar-refractivity contribution >= 4 is 43.5 Å². The molecule has 0 aromatic heterocycles. The van der Waals surface area contributed by atoms with Crippen molar-refractivity contribution in [2.24, 2.45) is 0 Å². The van der Waals surface area contributed by atoms with E-state index in [1.807, 2.05) is 12.1 Å². The van der Waals surface area contributed by atoms with Gasteiger partial charge in [0.05, 0.1) is 5.02 Å². The van der Waals surface area contributed by atoms with E-state index in [4.69, 9.17) is 11.6 Å². The van der Waals surface area contributed by atoms with E-state index < -0.39 is 0 Å². The number of benzene rings is 1. The van der Waals surface area contributed by atoms with Gasteiger partial charge in [-0.1, -0.05) is 40.0 Å². The third kappa shape index (κ3) is 2.62. The summed E-state index contributed by atoms with van der Waals surface area (Å²) in [5.41, 5.74) is 0.761. The van der Waals surface area contributed by atoms with Gasteiger partial charge in [-0.25, -0.2) is 4.39 Å². The summed E-state index contributed by atoms with van der Waals surface area (Å²) in [6.45, 7) is 0. The summed E-state index contributed by atoms with van der Waals surface area (Å²) in [5.74, 6) is 0.0337. The Balaban J connectivity index is 2.29. The number of halogens is 4. The summed E-state index contributed by atoms with van der Waals surface area (Å²) in [6, 6.07) is 3.68. The Kier molecular flexibility index (Phi) is 4.31. The van der Waals surface area contributed by atoms with E-state index in [2.05, 4.69) is 31.9 Å². The fourth-order valence-electron chi connectivity index (χ4n) is 2.27. The standard InChI is InChI=1S/C12H12Br2ClF/c13-8-3-1-2-7(6-8)9-4-5-10(14)11(15)12(9)16/h4-5,7-8H,1-3,6H2. The monoisotopic (exact) mass is 368 g/mol. The summed E-state index contributed by atoms with van der Waals surface area (Å²) in [5, 5.41) is 0.203. The van der Waals surface area contributed by atoms with Gasteiger partial charge < -0.3 is 0 Å². The van der Waals surface area contributed by atoms with Crippen LogP contribution in [0.25, 0.3) is 0 Å². The average molecular weight is 370 g/mol. The molecule has 4 heteroatoms. The lowest BCUT2D eigenvalue weighted by molar-refractivity contribution is 0.442. The molecule has 0 amide bonds. The highest BCUT2D eigenvalue weighted by atomic mass is 79.9. The molecule has 0 aliphatic heterocycles. The third-order valence-corrected chi connectivity index (χ3v) is 5.21. The van der Waals surface area contributed by atoms with Crippen molar-refractivity contribution in [1.29, 1.82) is 0 Å². The van der Waals surface area contributed by atoms with Crippen LogP contribution in [0.2, 0.25) is 5.02 Å². The maximum atomic E-state index is 14.0. The first-order valence-corrected chi connectivity index (χ1v) is 7.45. The molecule has 1 aromatic rings. The molecular formula is C12H12Br2ClF. The molecule has 1 fully saturated rings. The van der Waals surface area contributed by atoms with Gasteiger partial charge in [0.25, 0.3) is 0 Å². The molecule has 0 N–H and O–H groups in total. The maximum absolute atomic E-state index is 14.0. The van der Waals surface area contributed by atoms with E-state index in [1.165, 1.54) is 6.42 Å². The van der Waals surface area contributed by atoms with Crippen LogP contribution in [0, 0.1) is 5.82 Å². The molecule has 1 aliphatic carbocycles. The minimum absolute atomic E-state index is 0.203. The first kappa shape index (κ1) is 12.8. The van der Waals surface area contributed by atoms with Gasteiger partial charge in [0.2, 0.25) is 0 Å². The lowest BCUT2D eigenvalue weighted by Gasteiger charge is -2.26. The zero-order chi connectivity index (χ0) is 11.7. The van der Waals surface area contributed by atoms with Crippen molar-refractivity contribution < 1.29 is 4.39 Å². The molecule has 88 valence electrons. The molecule has 2 atom stereocenters. The highest BCUT2D eigenvalue weighted by Crippen LogP contribution is 2.39. The van der Waals surface area contributed by atoms with Gasteiger partial charge in [-0.3, -0.25) is 0 Å². The average Bonchev–Trinajstić information content (AvgIpc) is 2.26. The Morgan fingerprint density at radius 2 is 2.06 bits per heavy atom. The van der Waals surface area contributed by atoms with Gasteiger partial charge in [-0.15, -0.1) is 0 Å². The van der Waals surface area contributed by atoms with Gasteiger partial charge in [-0.05, 0) is 52.7 Å². The van der Waals surface area contributed by atoms with Crippen LogP contribution in [0.1, 0.15) is 37.2 Å². The fraction of sp³-hybridized carbons (Fsp3) is 0.500. The Hall–Kier alpha value is 0.400. The topological polar surface area (TPSA) is 0 Å². The van der Waals surface area contributed by atoms with Gasteiger partial charge in [0.1, 0.15) is 5.82 Å². The first-order chi connectivity index (χ1) is 7.59. The molecule has 0 nitrogen and oxygen atoms in total. The smallest absolute Gasteiger partial charge is 0.146 e. The van der Waals surface area contributed by atoms with Crippen molar-refractivity contribution in [2.45, 2.75) is 36.4 Å². The van der Waals surface area contributed by atoms with Crippen LogP contribution in [-0.4, -0.2) is 4.83 Å². The Labute approximate surface area is 117 Å². The summed E-state index contributed by atoms with van der Waals surface area (Å²) in [6.07, 6.45) is 4.38. The maximum Gasteiger partial charge on any atom is 0.146 e. The first-order valence-electron chi connectivity index (χ1n) is 5.37. The summed E-state index contributed by atoms with van der Waals surface area (Å²) in [4.78, 5) is 0.507. The molecule has 0 radical (unpaired) electrons. The second-order valence-corrected chi connectivity index (χ2v) is 6.75. The largest absolute Gasteiger partial charge is 0.205 e. The minimum atomic E-state index is -0.261.